The number of rotatable bonds is 1. The molecule has 78 valence electrons. The SMILES string of the molecule is Fc1cncc(C2=C[C@H]3NC[C@H]3CC2)c1. The molecule has 2 heterocycles. The average molecular weight is 204 g/mol. The van der Waals surface area contributed by atoms with Crippen molar-refractivity contribution in [1.82, 2.24) is 10.3 Å². The van der Waals surface area contributed by atoms with Crippen molar-refractivity contribution < 1.29 is 4.39 Å². The number of halogens is 1. The van der Waals surface area contributed by atoms with Gasteiger partial charge in [-0.05, 0) is 36.0 Å². The van der Waals surface area contributed by atoms with Gasteiger partial charge in [0.15, 0.2) is 0 Å². The minimum absolute atomic E-state index is 0.253. The zero-order valence-electron chi connectivity index (χ0n) is 8.41. The summed E-state index contributed by atoms with van der Waals surface area (Å²) in [6.07, 6.45) is 7.48. The van der Waals surface area contributed by atoms with Gasteiger partial charge in [0.2, 0.25) is 0 Å². The number of aromatic nitrogens is 1. The summed E-state index contributed by atoms with van der Waals surface area (Å²) in [6.45, 7) is 1.13. The molecule has 1 aromatic rings. The van der Waals surface area contributed by atoms with Crippen LogP contribution >= 0.6 is 0 Å². The Kier molecular flexibility index (Phi) is 2.06. The van der Waals surface area contributed by atoms with Crippen molar-refractivity contribution in [2.45, 2.75) is 18.9 Å². The molecule has 1 N–H and O–H groups in total. The molecule has 0 spiro atoms. The molecule has 0 amide bonds. The summed E-state index contributed by atoms with van der Waals surface area (Å²) in [5, 5.41) is 3.37. The molecule has 1 aliphatic heterocycles. The van der Waals surface area contributed by atoms with Crippen molar-refractivity contribution in [2.24, 2.45) is 5.92 Å². The van der Waals surface area contributed by atoms with Gasteiger partial charge in [0, 0.05) is 18.8 Å². The number of nitrogens with zero attached hydrogens (tertiary/aromatic N) is 1. The van der Waals surface area contributed by atoms with Gasteiger partial charge in [0.25, 0.3) is 0 Å². The van der Waals surface area contributed by atoms with E-state index in [1.54, 1.807) is 12.3 Å². The fourth-order valence-electron chi connectivity index (χ4n) is 2.37. The van der Waals surface area contributed by atoms with Crippen LogP contribution in [0.2, 0.25) is 0 Å². The Bertz CT molecular complexity index is 414. The van der Waals surface area contributed by atoms with E-state index in [-0.39, 0.29) is 5.82 Å². The van der Waals surface area contributed by atoms with Gasteiger partial charge in [0.1, 0.15) is 5.82 Å². The number of allylic oxidation sites excluding steroid dienone is 1. The minimum atomic E-state index is -0.253. The molecule has 0 radical (unpaired) electrons. The lowest BCUT2D eigenvalue weighted by molar-refractivity contribution is 0.256. The van der Waals surface area contributed by atoms with Gasteiger partial charge < -0.3 is 5.32 Å². The Labute approximate surface area is 88.2 Å². The minimum Gasteiger partial charge on any atom is -0.310 e. The van der Waals surface area contributed by atoms with Gasteiger partial charge in [-0.15, -0.1) is 0 Å². The lowest BCUT2D eigenvalue weighted by Gasteiger charge is -2.40. The topological polar surface area (TPSA) is 24.9 Å². The van der Waals surface area contributed by atoms with E-state index in [2.05, 4.69) is 16.4 Å². The predicted molar refractivity (Wildman–Crippen MR) is 56.7 cm³/mol. The molecular weight excluding hydrogens is 191 g/mol. The van der Waals surface area contributed by atoms with Crippen LogP contribution < -0.4 is 5.32 Å². The number of hydrogen-bond acceptors (Lipinski definition) is 2. The molecule has 1 fully saturated rings. The van der Waals surface area contributed by atoms with Gasteiger partial charge in [-0.3, -0.25) is 4.98 Å². The lowest BCUT2D eigenvalue weighted by Crippen LogP contribution is -2.52. The molecule has 2 aliphatic rings. The van der Waals surface area contributed by atoms with Crippen LogP contribution in [0.15, 0.2) is 24.5 Å². The molecule has 1 saturated heterocycles. The fourth-order valence-corrected chi connectivity index (χ4v) is 2.37. The Balaban J connectivity index is 1.91. The summed E-state index contributed by atoms with van der Waals surface area (Å²) < 4.78 is 13.0. The maximum Gasteiger partial charge on any atom is 0.142 e. The zero-order valence-corrected chi connectivity index (χ0v) is 8.41. The molecule has 0 aromatic carbocycles. The average Bonchev–Trinajstić information content (AvgIpc) is 2.20. The highest BCUT2D eigenvalue weighted by Crippen LogP contribution is 2.33. The molecule has 1 aromatic heterocycles. The van der Waals surface area contributed by atoms with Crippen LogP contribution in [-0.2, 0) is 0 Å². The summed E-state index contributed by atoms with van der Waals surface area (Å²) >= 11 is 0. The zero-order chi connectivity index (χ0) is 10.3. The number of nitrogens with one attached hydrogen (secondary N) is 1. The Morgan fingerprint density at radius 3 is 3.00 bits per heavy atom. The van der Waals surface area contributed by atoms with Gasteiger partial charge in [-0.25, -0.2) is 4.39 Å². The quantitative estimate of drug-likeness (QED) is 0.756. The van der Waals surface area contributed by atoms with Gasteiger partial charge >= 0.3 is 0 Å². The van der Waals surface area contributed by atoms with Crippen molar-refractivity contribution in [3.63, 3.8) is 0 Å². The molecule has 0 bridgehead atoms. The van der Waals surface area contributed by atoms with Crippen molar-refractivity contribution in [1.29, 1.82) is 0 Å². The van der Waals surface area contributed by atoms with E-state index in [1.165, 1.54) is 18.2 Å². The van der Waals surface area contributed by atoms with Crippen molar-refractivity contribution in [3.05, 3.63) is 35.9 Å². The Morgan fingerprint density at radius 1 is 1.40 bits per heavy atom. The number of fused-ring (bicyclic) bond motifs is 1. The normalized spacial score (nSPS) is 29.0. The number of pyridine rings is 1. The van der Waals surface area contributed by atoms with Gasteiger partial charge in [-0.2, -0.15) is 0 Å². The van der Waals surface area contributed by atoms with E-state index in [0.29, 0.717) is 6.04 Å². The number of hydrogen-bond donors (Lipinski definition) is 1. The van der Waals surface area contributed by atoms with Crippen molar-refractivity contribution >= 4 is 5.57 Å². The summed E-state index contributed by atoms with van der Waals surface area (Å²) in [7, 11) is 0. The molecule has 2 nitrogen and oxygen atoms in total. The lowest BCUT2D eigenvalue weighted by atomic mass is 9.79. The highest BCUT2D eigenvalue weighted by molar-refractivity contribution is 5.66. The van der Waals surface area contributed by atoms with Crippen LogP contribution in [0.25, 0.3) is 5.57 Å². The first kappa shape index (κ1) is 9.04. The molecular formula is C12H13FN2. The van der Waals surface area contributed by atoms with Crippen LogP contribution in [0.3, 0.4) is 0 Å². The summed E-state index contributed by atoms with van der Waals surface area (Å²) in [5.41, 5.74) is 2.16. The van der Waals surface area contributed by atoms with Crippen LogP contribution in [0, 0.1) is 11.7 Å². The maximum absolute atomic E-state index is 13.0. The third-order valence-electron chi connectivity index (χ3n) is 3.36. The molecule has 3 heteroatoms. The largest absolute Gasteiger partial charge is 0.310 e. The molecule has 15 heavy (non-hydrogen) atoms. The molecule has 0 unspecified atom stereocenters. The van der Waals surface area contributed by atoms with Gasteiger partial charge in [-0.1, -0.05) is 6.08 Å². The van der Waals surface area contributed by atoms with E-state index >= 15 is 0 Å². The third kappa shape index (κ3) is 1.57. The van der Waals surface area contributed by atoms with Crippen molar-refractivity contribution in [2.75, 3.05) is 6.54 Å². The summed E-state index contributed by atoms with van der Waals surface area (Å²) in [5.74, 6) is 0.548. The standard InChI is InChI=1S/C12H13FN2/c13-11-3-10(5-14-7-11)8-1-2-9-6-15-12(9)4-8/h3-5,7,9,12,15H,1-2,6H2/t9-,12-/m1/s1. The van der Waals surface area contributed by atoms with Crippen molar-refractivity contribution in [3.8, 4) is 0 Å². The van der Waals surface area contributed by atoms with Gasteiger partial charge in [0.05, 0.1) is 6.20 Å². The Morgan fingerprint density at radius 2 is 2.33 bits per heavy atom. The highest BCUT2D eigenvalue weighted by Gasteiger charge is 2.31. The first-order valence-corrected chi connectivity index (χ1v) is 5.38. The predicted octanol–water partition coefficient (Wildman–Crippen LogP) is 1.99. The maximum atomic E-state index is 13.0. The summed E-state index contributed by atoms with van der Waals surface area (Å²) in [6, 6.07) is 2.08. The fraction of sp³-hybridized carbons (Fsp3) is 0.417. The summed E-state index contributed by atoms with van der Waals surface area (Å²) in [4.78, 5) is 3.89. The van der Waals surface area contributed by atoms with E-state index < -0.39 is 0 Å². The van der Waals surface area contributed by atoms with E-state index in [1.807, 2.05) is 0 Å². The first-order chi connectivity index (χ1) is 7.33. The first-order valence-electron chi connectivity index (χ1n) is 5.38. The van der Waals surface area contributed by atoms with E-state index in [0.717, 1.165) is 24.4 Å². The smallest absolute Gasteiger partial charge is 0.142 e. The highest BCUT2D eigenvalue weighted by atomic mass is 19.1. The molecule has 3 rings (SSSR count). The second kappa shape index (κ2) is 3.42. The second-order valence-electron chi connectivity index (χ2n) is 4.32. The van der Waals surface area contributed by atoms with E-state index in [9.17, 15) is 4.39 Å². The Hall–Kier alpha value is -1.22. The third-order valence-corrected chi connectivity index (χ3v) is 3.36. The monoisotopic (exact) mass is 204 g/mol. The van der Waals surface area contributed by atoms with E-state index in [4.69, 9.17) is 0 Å². The van der Waals surface area contributed by atoms with Crippen LogP contribution in [0.5, 0.6) is 0 Å². The van der Waals surface area contributed by atoms with Crippen LogP contribution in [0.1, 0.15) is 18.4 Å². The second-order valence-corrected chi connectivity index (χ2v) is 4.32. The molecule has 1 aliphatic carbocycles. The van der Waals surface area contributed by atoms with Crippen LogP contribution in [-0.4, -0.2) is 17.6 Å². The van der Waals surface area contributed by atoms with Crippen LogP contribution in [0.4, 0.5) is 4.39 Å². The molecule has 0 saturated carbocycles. The molecule has 2 atom stereocenters.